The van der Waals surface area contributed by atoms with Crippen molar-refractivity contribution < 1.29 is 13.9 Å². The number of pyridine rings is 1. The summed E-state index contributed by atoms with van der Waals surface area (Å²) < 4.78 is 11.9. The van der Waals surface area contributed by atoms with Crippen molar-refractivity contribution in [3.8, 4) is 5.75 Å². The van der Waals surface area contributed by atoms with Gasteiger partial charge in [-0.2, -0.15) is 0 Å². The number of rotatable bonds is 6. The van der Waals surface area contributed by atoms with Crippen LogP contribution in [0.1, 0.15) is 48.0 Å². The molecule has 33 heavy (non-hydrogen) atoms. The van der Waals surface area contributed by atoms with Gasteiger partial charge in [0, 0.05) is 6.20 Å². The van der Waals surface area contributed by atoms with Crippen molar-refractivity contribution in [3.05, 3.63) is 100 Å². The molecule has 1 amide bonds. The molecule has 0 saturated heterocycles. The van der Waals surface area contributed by atoms with E-state index in [1.807, 2.05) is 30.3 Å². The molecule has 0 N–H and O–H groups in total. The minimum atomic E-state index is -0.670. The van der Waals surface area contributed by atoms with Gasteiger partial charge in [-0.25, -0.2) is 4.98 Å². The molecule has 1 aliphatic rings. The first-order valence-corrected chi connectivity index (χ1v) is 11.1. The third kappa shape index (κ3) is 3.78. The Hall–Kier alpha value is -3.93. The molecule has 0 radical (unpaired) electrons. The summed E-state index contributed by atoms with van der Waals surface area (Å²) >= 11 is 0. The molecule has 1 aliphatic heterocycles. The van der Waals surface area contributed by atoms with Crippen LogP contribution in [0.2, 0.25) is 0 Å². The summed E-state index contributed by atoms with van der Waals surface area (Å²) in [7, 11) is 0. The lowest BCUT2D eigenvalue weighted by atomic mass is 9.98. The zero-order valence-electron chi connectivity index (χ0n) is 18.5. The molecule has 6 nitrogen and oxygen atoms in total. The van der Waals surface area contributed by atoms with Crippen LogP contribution in [-0.4, -0.2) is 17.5 Å². The van der Waals surface area contributed by atoms with Gasteiger partial charge >= 0.3 is 0 Å². The number of para-hydroxylation sites is 1. The second-order valence-electron chi connectivity index (χ2n) is 8.54. The highest BCUT2D eigenvalue weighted by Crippen LogP contribution is 2.41. The van der Waals surface area contributed by atoms with E-state index in [9.17, 15) is 9.59 Å². The van der Waals surface area contributed by atoms with Gasteiger partial charge in [0.2, 0.25) is 5.76 Å². The van der Waals surface area contributed by atoms with Gasteiger partial charge in [-0.15, -0.1) is 0 Å². The van der Waals surface area contributed by atoms with Gasteiger partial charge in [0.25, 0.3) is 5.91 Å². The Morgan fingerprint density at radius 2 is 1.85 bits per heavy atom. The predicted molar refractivity (Wildman–Crippen MR) is 127 cm³/mol. The molecule has 6 heteroatoms. The number of nitrogens with zero attached hydrogens (tertiary/aromatic N) is 2. The first-order valence-electron chi connectivity index (χ1n) is 11.1. The Morgan fingerprint density at radius 1 is 1.03 bits per heavy atom. The number of fused-ring (bicyclic) bond motifs is 2. The molecule has 1 atom stereocenters. The minimum absolute atomic E-state index is 0.0560. The summed E-state index contributed by atoms with van der Waals surface area (Å²) in [4.78, 5) is 33.0. The molecule has 4 aromatic rings. The molecule has 0 aliphatic carbocycles. The highest BCUT2D eigenvalue weighted by atomic mass is 16.5. The quantitative estimate of drug-likeness (QED) is 0.403. The second kappa shape index (κ2) is 8.54. The summed E-state index contributed by atoms with van der Waals surface area (Å²) in [5.74, 6) is 1.35. The molecule has 2 aromatic heterocycles. The third-order valence-electron chi connectivity index (χ3n) is 5.81. The Kier molecular flexibility index (Phi) is 5.42. The number of carbonyl (C=O) groups is 1. The Morgan fingerprint density at radius 3 is 2.64 bits per heavy atom. The molecule has 1 unspecified atom stereocenters. The van der Waals surface area contributed by atoms with E-state index in [-0.39, 0.29) is 17.1 Å². The SMILES string of the molecule is CC(C)CCOc1cccc(C2c3c(oc4ccccc4c3=O)C(=O)N2c2ccccn2)c1. The lowest BCUT2D eigenvalue weighted by Crippen LogP contribution is -2.30. The fraction of sp³-hybridized carbons (Fsp3) is 0.222. The Bertz CT molecular complexity index is 1380. The molecule has 3 heterocycles. The van der Waals surface area contributed by atoms with Crippen LogP contribution >= 0.6 is 0 Å². The summed E-state index contributed by atoms with van der Waals surface area (Å²) in [6.45, 7) is 4.89. The average Bonchev–Trinajstić information content (AvgIpc) is 3.12. The van der Waals surface area contributed by atoms with E-state index in [0.717, 1.165) is 12.0 Å². The number of amides is 1. The van der Waals surface area contributed by atoms with Crippen LogP contribution in [0.25, 0.3) is 11.0 Å². The van der Waals surface area contributed by atoms with E-state index in [4.69, 9.17) is 9.15 Å². The maximum atomic E-state index is 13.6. The van der Waals surface area contributed by atoms with Gasteiger partial charge in [-0.05, 0) is 54.3 Å². The van der Waals surface area contributed by atoms with E-state index in [0.29, 0.717) is 40.6 Å². The van der Waals surface area contributed by atoms with Gasteiger partial charge < -0.3 is 9.15 Å². The van der Waals surface area contributed by atoms with E-state index in [1.54, 1.807) is 42.6 Å². The molecule has 2 aromatic carbocycles. The van der Waals surface area contributed by atoms with Crippen LogP contribution < -0.4 is 15.1 Å². The standard InChI is InChI=1S/C27H24N2O4/c1-17(2)13-15-32-19-9-7-8-18(16-19)24-23-25(30)20-10-3-4-11-21(20)33-26(23)27(31)29(24)22-12-5-6-14-28-22/h3-12,14,16-17,24H,13,15H2,1-2H3. The van der Waals surface area contributed by atoms with Crippen LogP contribution in [0.15, 0.2) is 82.1 Å². The first-order chi connectivity index (χ1) is 16.0. The summed E-state index contributed by atoms with van der Waals surface area (Å²) in [6.07, 6.45) is 2.56. The molecular formula is C27H24N2O4. The normalized spacial score (nSPS) is 15.3. The molecule has 166 valence electrons. The van der Waals surface area contributed by atoms with E-state index in [2.05, 4.69) is 18.8 Å². The first kappa shape index (κ1) is 20.9. The Labute approximate surface area is 191 Å². The van der Waals surface area contributed by atoms with Crippen molar-refractivity contribution in [2.45, 2.75) is 26.3 Å². The maximum Gasteiger partial charge on any atom is 0.296 e. The van der Waals surface area contributed by atoms with Crippen molar-refractivity contribution >= 4 is 22.7 Å². The minimum Gasteiger partial charge on any atom is -0.494 e. The van der Waals surface area contributed by atoms with Crippen molar-refractivity contribution in [1.29, 1.82) is 0 Å². The highest BCUT2D eigenvalue weighted by Gasteiger charge is 2.44. The van der Waals surface area contributed by atoms with Crippen LogP contribution in [-0.2, 0) is 0 Å². The van der Waals surface area contributed by atoms with Crippen molar-refractivity contribution in [3.63, 3.8) is 0 Å². The number of hydrogen-bond donors (Lipinski definition) is 0. The molecule has 0 bridgehead atoms. The highest BCUT2D eigenvalue weighted by molar-refractivity contribution is 6.10. The van der Waals surface area contributed by atoms with Crippen LogP contribution in [0, 0.1) is 5.92 Å². The van der Waals surface area contributed by atoms with Crippen molar-refractivity contribution in [1.82, 2.24) is 4.98 Å². The number of aromatic nitrogens is 1. The molecule has 0 fully saturated rings. The fourth-order valence-electron chi connectivity index (χ4n) is 4.15. The van der Waals surface area contributed by atoms with Gasteiger partial charge in [0.15, 0.2) is 5.43 Å². The topological polar surface area (TPSA) is 72.6 Å². The summed E-state index contributed by atoms with van der Waals surface area (Å²) in [5, 5.41) is 0.446. The maximum absolute atomic E-state index is 13.6. The van der Waals surface area contributed by atoms with Gasteiger partial charge in [0.05, 0.1) is 23.6 Å². The average molecular weight is 440 g/mol. The number of hydrogen-bond acceptors (Lipinski definition) is 5. The van der Waals surface area contributed by atoms with Crippen LogP contribution in [0.4, 0.5) is 5.82 Å². The van der Waals surface area contributed by atoms with Crippen LogP contribution in [0.3, 0.4) is 0 Å². The van der Waals surface area contributed by atoms with Crippen molar-refractivity contribution in [2.75, 3.05) is 11.5 Å². The molecule has 5 rings (SSSR count). The zero-order chi connectivity index (χ0) is 22.9. The summed E-state index contributed by atoms with van der Waals surface area (Å²) in [5.41, 5.74) is 1.26. The molecule has 0 spiro atoms. The second-order valence-corrected chi connectivity index (χ2v) is 8.54. The number of ether oxygens (including phenoxy) is 1. The van der Waals surface area contributed by atoms with Gasteiger partial charge in [-0.1, -0.05) is 44.2 Å². The fourth-order valence-corrected chi connectivity index (χ4v) is 4.15. The van der Waals surface area contributed by atoms with Crippen molar-refractivity contribution in [2.24, 2.45) is 5.92 Å². The van der Waals surface area contributed by atoms with Gasteiger partial charge in [0.1, 0.15) is 17.2 Å². The molecular weight excluding hydrogens is 416 g/mol. The smallest absolute Gasteiger partial charge is 0.296 e. The summed E-state index contributed by atoms with van der Waals surface area (Å²) in [6, 6.07) is 19.2. The van der Waals surface area contributed by atoms with E-state index < -0.39 is 6.04 Å². The van der Waals surface area contributed by atoms with E-state index >= 15 is 0 Å². The Balaban J connectivity index is 1.67. The molecule has 0 saturated carbocycles. The number of carbonyl (C=O) groups excluding carboxylic acids is 1. The lowest BCUT2D eigenvalue weighted by Gasteiger charge is -2.24. The van der Waals surface area contributed by atoms with Gasteiger partial charge in [-0.3, -0.25) is 14.5 Å². The third-order valence-corrected chi connectivity index (χ3v) is 5.81. The largest absolute Gasteiger partial charge is 0.494 e. The van der Waals surface area contributed by atoms with E-state index in [1.165, 1.54) is 4.90 Å². The van der Waals surface area contributed by atoms with Crippen LogP contribution in [0.5, 0.6) is 5.75 Å². The zero-order valence-corrected chi connectivity index (χ0v) is 18.5. The number of anilines is 1. The number of benzene rings is 2. The predicted octanol–water partition coefficient (Wildman–Crippen LogP) is 5.36. The lowest BCUT2D eigenvalue weighted by molar-refractivity contribution is 0.0970. The monoisotopic (exact) mass is 440 g/mol.